The maximum atomic E-state index is 10.3. The van der Waals surface area contributed by atoms with Crippen molar-refractivity contribution < 1.29 is 4.92 Å². The summed E-state index contributed by atoms with van der Waals surface area (Å²) in [5.41, 5.74) is 1.92. The van der Waals surface area contributed by atoms with Crippen molar-refractivity contribution in [2.24, 2.45) is 0 Å². The molecule has 0 heterocycles. The van der Waals surface area contributed by atoms with Crippen molar-refractivity contribution in [1.29, 1.82) is 0 Å². The van der Waals surface area contributed by atoms with Gasteiger partial charge in [0.2, 0.25) is 0 Å². The summed E-state index contributed by atoms with van der Waals surface area (Å²) >= 11 is 5.71. The van der Waals surface area contributed by atoms with E-state index in [9.17, 15) is 10.1 Å². The summed E-state index contributed by atoms with van der Waals surface area (Å²) in [7, 11) is 0. The van der Waals surface area contributed by atoms with Crippen LogP contribution >= 0.6 is 11.6 Å². The summed E-state index contributed by atoms with van der Waals surface area (Å²) < 4.78 is 0. The second kappa shape index (κ2) is 1.95. The van der Waals surface area contributed by atoms with E-state index in [4.69, 9.17) is 11.6 Å². The highest BCUT2D eigenvalue weighted by atomic mass is 35.5. The molecule has 0 atom stereocenters. The topological polar surface area (TPSA) is 43.1 Å². The molecule has 3 nitrogen and oxygen atoms in total. The average Bonchev–Trinajstić information content (AvgIpc) is 2.66. The van der Waals surface area contributed by atoms with Gasteiger partial charge in [-0.05, 0) is 11.6 Å². The molecule has 2 rings (SSSR count). The molecule has 0 saturated carbocycles. The van der Waals surface area contributed by atoms with Gasteiger partial charge in [0, 0.05) is 23.1 Å². The van der Waals surface area contributed by atoms with E-state index in [2.05, 4.69) is 0 Å². The van der Waals surface area contributed by atoms with Gasteiger partial charge >= 0.3 is 0 Å². The Morgan fingerprint density at radius 1 is 1.45 bits per heavy atom. The number of nitrogens with zero attached hydrogens (tertiary/aromatic N) is 1. The molecular weight excluding hydrogens is 166 g/mol. The maximum Gasteiger partial charge on any atom is 0.273 e. The summed E-state index contributed by atoms with van der Waals surface area (Å²) in [6.07, 6.45) is 0.683. The highest BCUT2D eigenvalue weighted by Gasteiger charge is 2.30. The summed E-state index contributed by atoms with van der Waals surface area (Å²) in [6, 6.07) is 3.03. The van der Waals surface area contributed by atoms with Crippen LogP contribution in [0.3, 0.4) is 0 Å². The number of nitro benzene ring substituents is 1. The van der Waals surface area contributed by atoms with Crippen molar-refractivity contribution in [3.8, 4) is 0 Å². The van der Waals surface area contributed by atoms with Gasteiger partial charge in [0.05, 0.1) is 4.92 Å². The smallest absolute Gasteiger partial charge is 0.258 e. The molecule has 0 N–H and O–H groups in total. The van der Waals surface area contributed by atoms with E-state index in [1.165, 1.54) is 6.07 Å². The summed E-state index contributed by atoms with van der Waals surface area (Å²) in [4.78, 5) is 9.96. The lowest BCUT2D eigenvalue weighted by atomic mass is 10.3. The molecule has 4 heteroatoms. The first-order chi connectivity index (χ1) is 5.20. The van der Waals surface area contributed by atoms with Crippen LogP contribution in [0.4, 0.5) is 5.69 Å². The van der Waals surface area contributed by atoms with E-state index in [0.717, 1.165) is 11.1 Å². The number of benzene rings is 1. The molecule has 11 heavy (non-hydrogen) atoms. The predicted molar refractivity (Wildman–Crippen MR) is 40.9 cm³/mol. The zero-order valence-electron chi connectivity index (χ0n) is 5.50. The van der Waals surface area contributed by atoms with Gasteiger partial charge in [-0.2, -0.15) is 0 Å². The molecule has 1 aromatic rings. The number of halogens is 1. The number of rotatable bonds is 1. The molecule has 0 radical (unpaired) electrons. The zero-order chi connectivity index (χ0) is 8.01. The molecule has 0 aliphatic heterocycles. The van der Waals surface area contributed by atoms with Crippen LogP contribution < -0.4 is 0 Å². The standard InChI is InChI=1S/C7H4ClNO2/c8-6-1-2-7(9(10)11)5-3-4(5)6/h1-2H,3H2. The number of hydrogen-bond acceptors (Lipinski definition) is 2. The van der Waals surface area contributed by atoms with Crippen LogP contribution in [-0.2, 0) is 6.42 Å². The average molecular weight is 170 g/mol. The van der Waals surface area contributed by atoms with Gasteiger partial charge in [0.15, 0.2) is 0 Å². The molecule has 0 bridgehead atoms. The van der Waals surface area contributed by atoms with Crippen LogP contribution in [0, 0.1) is 10.1 Å². The quantitative estimate of drug-likeness (QED) is 0.485. The molecule has 0 fully saturated rings. The molecule has 0 amide bonds. The van der Waals surface area contributed by atoms with Crippen LogP contribution in [-0.4, -0.2) is 4.92 Å². The number of fused-ring (bicyclic) bond motifs is 1. The van der Waals surface area contributed by atoms with Gasteiger partial charge in [0.1, 0.15) is 0 Å². The molecule has 56 valence electrons. The lowest BCUT2D eigenvalue weighted by Crippen LogP contribution is -1.86. The van der Waals surface area contributed by atoms with Gasteiger partial charge in [-0.15, -0.1) is 0 Å². The summed E-state index contributed by atoms with van der Waals surface area (Å²) in [5.74, 6) is 0. The minimum Gasteiger partial charge on any atom is -0.258 e. The molecular formula is C7H4ClNO2. The fourth-order valence-corrected chi connectivity index (χ4v) is 1.37. The Bertz CT molecular complexity index is 349. The largest absolute Gasteiger partial charge is 0.273 e. The molecule has 0 spiro atoms. The van der Waals surface area contributed by atoms with Crippen molar-refractivity contribution in [3.05, 3.63) is 38.4 Å². The van der Waals surface area contributed by atoms with Gasteiger partial charge in [0.25, 0.3) is 5.69 Å². The monoisotopic (exact) mass is 169 g/mol. The Morgan fingerprint density at radius 2 is 2.18 bits per heavy atom. The van der Waals surface area contributed by atoms with E-state index >= 15 is 0 Å². The third-order valence-electron chi connectivity index (χ3n) is 1.77. The Morgan fingerprint density at radius 3 is 2.82 bits per heavy atom. The Hall–Kier alpha value is -1.09. The van der Waals surface area contributed by atoms with E-state index in [-0.39, 0.29) is 10.6 Å². The van der Waals surface area contributed by atoms with E-state index < -0.39 is 0 Å². The van der Waals surface area contributed by atoms with E-state index in [1.807, 2.05) is 0 Å². The maximum absolute atomic E-state index is 10.3. The van der Waals surface area contributed by atoms with Crippen molar-refractivity contribution in [2.45, 2.75) is 6.42 Å². The van der Waals surface area contributed by atoms with E-state index in [1.54, 1.807) is 6.07 Å². The highest BCUT2D eigenvalue weighted by molar-refractivity contribution is 6.32. The van der Waals surface area contributed by atoms with Crippen LogP contribution in [0.1, 0.15) is 11.1 Å². The van der Waals surface area contributed by atoms with Crippen molar-refractivity contribution in [3.63, 3.8) is 0 Å². The van der Waals surface area contributed by atoms with Crippen molar-refractivity contribution in [2.75, 3.05) is 0 Å². The lowest BCUT2D eigenvalue weighted by molar-refractivity contribution is -0.385. The summed E-state index contributed by atoms with van der Waals surface area (Å²) in [5, 5.41) is 11.0. The lowest BCUT2D eigenvalue weighted by Gasteiger charge is -1.88. The summed E-state index contributed by atoms with van der Waals surface area (Å²) in [6.45, 7) is 0. The SMILES string of the molecule is O=[N+]([O-])c1ccc(Cl)c2c1C2. The molecule has 0 aromatic heterocycles. The molecule has 1 aliphatic rings. The van der Waals surface area contributed by atoms with Gasteiger partial charge in [-0.25, -0.2) is 0 Å². The fourth-order valence-electron chi connectivity index (χ4n) is 1.13. The van der Waals surface area contributed by atoms with Crippen LogP contribution in [0.5, 0.6) is 0 Å². The van der Waals surface area contributed by atoms with Gasteiger partial charge in [-0.1, -0.05) is 11.6 Å². The van der Waals surface area contributed by atoms with E-state index in [0.29, 0.717) is 11.4 Å². The molecule has 0 saturated heterocycles. The first kappa shape index (κ1) is 6.61. The second-order valence-electron chi connectivity index (χ2n) is 2.46. The minimum absolute atomic E-state index is 0.199. The van der Waals surface area contributed by atoms with Crippen molar-refractivity contribution >= 4 is 17.3 Å². The fraction of sp³-hybridized carbons (Fsp3) is 0.143. The zero-order valence-corrected chi connectivity index (χ0v) is 6.26. The predicted octanol–water partition coefficient (Wildman–Crippen LogP) is 2.15. The third kappa shape index (κ3) is 0.886. The van der Waals surface area contributed by atoms with Crippen LogP contribution in [0.25, 0.3) is 0 Å². The highest BCUT2D eigenvalue weighted by Crippen LogP contribution is 2.41. The number of hydrogen-bond donors (Lipinski definition) is 0. The Kier molecular flexibility index (Phi) is 1.17. The number of nitro groups is 1. The van der Waals surface area contributed by atoms with Crippen LogP contribution in [0.2, 0.25) is 5.02 Å². The van der Waals surface area contributed by atoms with Gasteiger partial charge < -0.3 is 0 Å². The molecule has 1 aromatic carbocycles. The Balaban J connectivity index is 2.57. The first-order valence-electron chi connectivity index (χ1n) is 3.15. The van der Waals surface area contributed by atoms with Crippen molar-refractivity contribution in [1.82, 2.24) is 0 Å². The first-order valence-corrected chi connectivity index (χ1v) is 3.52. The van der Waals surface area contributed by atoms with Gasteiger partial charge in [-0.3, -0.25) is 10.1 Å². The molecule has 1 aliphatic carbocycles. The minimum atomic E-state index is -0.373. The third-order valence-corrected chi connectivity index (χ3v) is 2.13. The second-order valence-corrected chi connectivity index (χ2v) is 2.86. The van der Waals surface area contributed by atoms with Crippen LogP contribution in [0.15, 0.2) is 12.1 Å². The molecule has 0 unspecified atom stereocenters. The normalized spacial score (nSPS) is 12.5. The Labute approximate surface area is 67.7 Å².